The number of hydrogen-bond donors (Lipinski definition) is 1. The van der Waals surface area contributed by atoms with E-state index in [0.717, 1.165) is 22.3 Å². The quantitative estimate of drug-likeness (QED) is 0.528. The van der Waals surface area contributed by atoms with Gasteiger partial charge in [0, 0.05) is 18.5 Å². The summed E-state index contributed by atoms with van der Waals surface area (Å²) in [5, 5.41) is 2.29. The van der Waals surface area contributed by atoms with E-state index in [1.165, 1.54) is 11.0 Å². The molecule has 0 saturated carbocycles. The minimum Gasteiger partial charge on any atom is -0.322 e. The minimum absolute atomic E-state index is 0.0771. The maximum Gasteiger partial charge on any atom is 0.296 e. The summed E-state index contributed by atoms with van der Waals surface area (Å²) < 4.78 is 29.9. The van der Waals surface area contributed by atoms with Crippen LogP contribution >= 0.6 is 0 Å². The molecule has 2 aromatic rings. The molecule has 1 fully saturated rings. The Labute approximate surface area is 186 Å². The summed E-state index contributed by atoms with van der Waals surface area (Å²) in [6.45, 7) is 4.08. The van der Waals surface area contributed by atoms with Gasteiger partial charge in [0.15, 0.2) is 0 Å². The third kappa shape index (κ3) is 4.05. The van der Waals surface area contributed by atoms with Crippen LogP contribution in [0, 0.1) is 6.92 Å². The first-order valence-corrected chi connectivity index (χ1v) is 11.9. The van der Waals surface area contributed by atoms with Gasteiger partial charge >= 0.3 is 0 Å². The van der Waals surface area contributed by atoms with Crippen molar-refractivity contribution in [1.29, 1.82) is 0 Å². The Kier molecular flexibility index (Phi) is 5.87. The van der Waals surface area contributed by atoms with Gasteiger partial charge in [-0.15, -0.1) is 0 Å². The SMILES string of the molecule is CCCOS(=O)(=O)c1ccc(C)c(-c2ccc3c(c2)CN(C2CCC(=O)NC2=O)C3=O)c1. The second-order valence-electron chi connectivity index (χ2n) is 8.02. The molecule has 168 valence electrons. The van der Waals surface area contributed by atoms with Crippen LogP contribution in [0.15, 0.2) is 41.3 Å². The van der Waals surface area contributed by atoms with Gasteiger partial charge in [0.2, 0.25) is 11.8 Å². The van der Waals surface area contributed by atoms with E-state index in [1.807, 2.05) is 19.9 Å². The molecule has 1 unspecified atom stereocenters. The predicted octanol–water partition coefficient (Wildman–Crippen LogP) is 2.54. The Hall–Kier alpha value is -3.04. The van der Waals surface area contributed by atoms with Crippen LogP contribution in [0.3, 0.4) is 0 Å². The van der Waals surface area contributed by atoms with Gasteiger partial charge in [0.25, 0.3) is 16.0 Å². The molecule has 0 spiro atoms. The molecule has 2 heterocycles. The van der Waals surface area contributed by atoms with Crippen LogP contribution in [0.5, 0.6) is 0 Å². The Morgan fingerprint density at radius 1 is 1.09 bits per heavy atom. The third-order valence-electron chi connectivity index (χ3n) is 5.77. The summed E-state index contributed by atoms with van der Waals surface area (Å²) >= 11 is 0. The van der Waals surface area contributed by atoms with Crippen LogP contribution in [-0.4, -0.2) is 43.7 Å². The highest BCUT2D eigenvalue weighted by Crippen LogP contribution is 2.33. The lowest BCUT2D eigenvalue weighted by atomic mass is 9.97. The number of fused-ring (bicyclic) bond motifs is 1. The number of benzene rings is 2. The molecule has 2 aromatic carbocycles. The standard InChI is InChI=1S/C23H24N2O6S/c1-3-10-31-32(29,30)17-6-4-14(2)19(12-17)15-5-7-18-16(11-15)13-25(23(18)28)20-8-9-21(26)24-22(20)27/h4-7,11-12,20H,3,8-10,13H2,1-2H3,(H,24,26,27). The van der Waals surface area contributed by atoms with Crippen molar-refractivity contribution < 1.29 is 27.0 Å². The molecule has 0 bridgehead atoms. The van der Waals surface area contributed by atoms with E-state index in [-0.39, 0.29) is 36.3 Å². The smallest absolute Gasteiger partial charge is 0.296 e. The topological polar surface area (TPSA) is 110 Å². The van der Waals surface area contributed by atoms with Crippen LogP contribution in [0.4, 0.5) is 0 Å². The molecule has 0 radical (unpaired) electrons. The van der Waals surface area contributed by atoms with Gasteiger partial charge in [-0.25, -0.2) is 0 Å². The molecule has 0 aliphatic carbocycles. The lowest BCUT2D eigenvalue weighted by Gasteiger charge is -2.29. The maximum absolute atomic E-state index is 12.9. The first-order chi connectivity index (χ1) is 15.2. The summed E-state index contributed by atoms with van der Waals surface area (Å²) in [6.07, 6.45) is 1.08. The largest absolute Gasteiger partial charge is 0.322 e. The second-order valence-corrected chi connectivity index (χ2v) is 9.64. The molecule has 2 aliphatic heterocycles. The number of amides is 3. The molecule has 4 rings (SSSR count). The highest BCUT2D eigenvalue weighted by atomic mass is 32.2. The molecular formula is C23H24N2O6S. The van der Waals surface area contributed by atoms with Crippen molar-refractivity contribution in [2.45, 2.75) is 50.6 Å². The zero-order chi connectivity index (χ0) is 23.0. The normalized spacial score (nSPS) is 18.6. The van der Waals surface area contributed by atoms with Crippen molar-refractivity contribution >= 4 is 27.8 Å². The Bertz CT molecular complexity index is 1220. The average molecular weight is 457 g/mol. The van der Waals surface area contributed by atoms with Gasteiger partial charge in [-0.2, -0.15) is 8.42 Å². The van der Waals surface area contributed by atoms with E-state index in [4.69, 9.17) is 4.18 Å². The van der Waals surface area contributed by atoms with Gasteiger partial charge in [0.05, 0.1) is 11.5 Å². The van der Waals surface area contributed by atoms with Crippen molar-refractivity contribution in [3.8, 4) is 11.1 Å². The lowest BCUT2D eigenvalue weighted by Crippen LogP contribution is -2.52. The van der Waals surface area contributed by atoms with E-state index in [2.05, 4.69) is 5.32 Å². The molecule has 9 heteroatoms. The van der Waals surface area contributed by atoms with E-state index in [9.17, 15) is 22.8 Å². The van der Waals surface area contributed by atoms with Crippen molar-refractivity contribution in [2.75, 3.05) is 6.61 Å². The Morgan fingerprint density at radius 2 is 1.88 bits per heavy atom. The summed E-state index contributed by atoms with van der Waals surface area (Å²) in [4.78, 5) is 38.1. The molecule has 1 N–H and O–H groups in total. The first-order valence-electron chi connectivity index (χ1n) is 10.5. The third-order valence-corrected chi connectivity index (χ3v) is 7.08. The predicted molar refractivity (Wildman–Crippen MR) is 116 cm³/mol. The maximum atomic E-state index is 12.9. The molecule has 2 aliphatic rings. The number of imide groups is 1. The lowest BCUT2D eigenvalue weighted by molar-refractivity contribution is -0.136. The van der Waals surface area contributed by atoms with Crippen LogP contribution in [0.25, 0.3) is 11.1 Å². The van der Waals surface area contributed by atoms with Gasteiger partial charge in [0.1, 0.15) is 6.04 Å². The van der Waals surface area contributed by atoms with Crippen LogP contribution < -0.4 is 5.32 Å². The van der Waals surface area contributed by atoms with Crippen LogP contribution in [-0.2, 0) is 30.4 Å². The zero-order valence-electron chi connectivity index (χ0n) is 17.9. The summed E-state index contributed by atoms with van der Waals surface area (Å²) in [6, 6.07) is 9.48. The van der Waals surface area contributed by atoms with E-state index in [0.29, 0.717) is 18.4 Å². The van der Waals surface area contributed by atoms with Gasteiger partial charge < -0.3 is 4.90 Å². The highest BCUT2D eigenvalue weighted by molar-refractivity contribution is 7.86. The van der Waals surface area contributed by atoms with Crippen LogP contribution in [0.2, 0.25) is 0 Å². The summed E-state index contributed by atoms with van der Waals surface area (Å²) in [5.74, 6) is -1.03. The fourth-order valence-electron chi connectivity index (χ4n) is 4.07. The zero-order valence-corrected chi connectivity index (χ0v) is 18.7. The Balaban J connectivity index is 1.64. The highest BCUT2D eigenvalue weighted by Gasteiger charge is 2.39. The van der Waals surface area contributed by atoms with Gasteiger partial charge in [-0.3, -0.25) is 23.9 Å². The molecule has 1 atom stereocenters. The molecule has 32 heavy (non-hydrogen) atoms. The molecule has 8 nitrogen and oxygen atoms in total. The second kappa shape index (κ2) is 8.48. The summed E-state index contributed by atoms with van der Waals surface area (Å²) in [5.41, 5.74) is 3.64. The molecular weight excluding hydrogens is 432 g/mol. The monoisotopic (exact) mass is 456 g/mol. The van der Waals surface area contributed by atoms with Gasteiger partial charge in [-0.1, -0.05) is 19.1 Å². The number of piperidine rings is 1. The van der Waals surface area contributed by atoms with E-state index >= 15 is 0 Å². The summed E-state index contributed by atoms with van der Waals surface area (Å²) in [7, 11) is -3.86. The number of hydrogen-bond acceptors (Lipinski definition) is 6. The number of carbonyl (C=O) groups is 3. The number of nitrogens with zero attached hydrogens (tertiary/aromatic N) is 1. The van der Waals surface area contributed by atoms with Crippen molar-refractivity contribution in [2.24, 2.45) is 0 Å². The fourth-order valence-corrected chi connectivity index (χ4v) is 5.09. The number of aryl methyl sites for hydroxylation is 1. The van der Waals surface area contributed by atoms with Crippen LogP contribution in [0.1, 0.15) is 47.7 Å². The molecule has 0 aromatic heterocycles. The number of rotatable bonds is 6. The van der Waals surface area contributed by atoms with Crippen molar-refractivity contribution in [3.63, 3.8) is 0 Å². The van der Waals surface area contributed by atoms with Gasteiger partial charge in [-0.05, 0) is 66.3 Å². The fraction of sp³-hybridized carbons (Fsp3) is 0.348. The number of carbonyl (C=O) groups excluding carboxylic acids is 3. The Morgan fingerprint density at radius 3 is 2.59 bits per heavy atom. The van der Waals surface area contributed by atoms with E-state index in [1.54, 1.807) is 24.3 Å². The van der Waals surface area contributed by atoms with Crippen molar-refractivity contribution in [3.05, 3.63) is 53.1 Å². The molecule has 3 amide bonds. The van der Waals surface area contributed by atoms with E-state index < -0.39 is 22.1 Å². The molecule has 1 saturated heterocycles. The average Bonchev–Trinajstić information content (AvgIpc) is 3.08. The minimum atomic E-state index is -3.86. The van der Waals surface area contributed by atoms with Crippen molar-refractivity contribution in [1.82, 2.24) is 10.2 Å². The first kappa shape index (κ1) is 22.2. The number of nitrogens with one attached hydrogen (secondary N) is 1.